The molecule has 3 atom stereocenters. The van der Waals surface area contributed by atoms with Crippen LogP contribution in [0.1, 0.15) is 74.2 Å². The first kappa shape index (κ1) is 29.6. The fraction of sp³-hybridized carbons (Fsp3) is 0.452. The summed E-state index contributed by atoms with van der Waals surface area (Å²) in [5, 5.41) is 14.0. The van der Waals surface area contributed by atoms with Crippen molar-refractivity contribution < 1.29 is 22.4 Å². The van der Waals surface area contributed by atoms with E-state index < -0.39 is 18.1 Å². The van der Waals surface area contributed by atoms with E-state index in [2.05, 4.69) is 49.6 Å². The number of piperazine rings is 1. The second kappa shape index (κ2) is 11.6. The third-order valence-electron chi connectivity index (χ3n) is 8.57. The Morgan fingerprint density at radius 1 is 1.07 bits per heavy atom. The van der Waals surface area contributed by atoms with Crippen LogP contribution in [0.4, 0.5) is 19.0 Å². The first-order chi connectivity index (χ1) is 21.1. The number of nitrogens with zero attached hydrogens (tertiary/aromatic N) is 7. The molecule has 10 nitrogen and oxygen atoms in total. The number of anilines is 1. The van der Waals surface area contributed by atoms with Gasteiger partial charge < -0.3 is 14.2 Å². The number of hydrogen-bond acceptors (Lipinski definition) is 9. The SMILES string of the molecule is CC[C@H]1CN(C(c2ccc(OC(F)(F)F)cc2)c2cc(C3CC3)on2)[C@@H](CC)CN1c1nc(=O)n(C)c2ccc(C#N)nc12. The summed E-state index contributed by atoms with van der Waals surface area (Å²) in [5.41, 5.74) is 2.32. The van der Waals surface area contributed by atoms with Crippen molar-refractivity contribution in [2.24, 2.45) is 7.05 Å². The monoisotopic (exact) mass is 607 g/mol. The number of halogens is 3. The molecule has 0 amide bonds. The van der Waals surface area contributed by atoms with E-state index in [-0.39, 0.29) is 23.5 Å². The van der Waals surface area contributed by atoms with E-state index in [1.165, 1.54) is 16.7 Å². The van der Waals surface area contributed by atoms with Gasteiger partial charge in [-0.1, -0.05) is 31.1 Å². The maximum atomic E-state index is 12.9. The standard InChI is InChI=1S/C31H32F3N7O3/c1-4-21-17-41(29-27-25(39(3)30(42)37-29)13-10-20(15-35)36-27)22(5-2)16-40(21)28(24-14-26(44-38-24)18-6-7-18)19-8-11-23(12-9-19)43-31(32,33)34/h8-14,18,21-22,28H,4-7,16-17H2,1-3H3/t21-,22-,28?/m0/s1. The number of rotatable bonds is 8. The molecular weight excluding hydrogens is 575 g/mol. The van der Waals surface area contributed by atoms with Crippen LogP contribution in [0.15, 0.2) is 51.8 Å². The number of ether oxygens (including phenoxy) is 1. The van der Waals surface area contributed by atoms with Gasteiger partial charge in [-0.05, 0) is 55.5 Å². The van der Waals surface area contributed by atoms with E-state index in [1.807, 2.05) is 6.07 Å². The summed E-state index contributed by atoms with van der Waals surface area (Å²) in [6, 6.07) is 12.7. The molecule has 4 aromatic rings. The molecule has 1 unspecified atom stereocenters. The molecule has 13 heteroatoms. The molecule has 1 saturated carbocycles. The Morgan fingerprint density at radius 3 is 2.43 bits per heavy atom. The van der Waals surface area contributed by atoms with E-state index >= 15 is 0 Å². The summed E-state index contributed by atoms with van der Waals surface area (Å²) in [6.45, 7) is 5.17. The minimum absolute atomic E-state index is 0.0602. The van der Waals surface area contributed by atoms with Gasteiger partial charge in [0, 0.05) is 44.2 Å². The van der Waals surface area contributed by atoms with Crippen LogP contribution in [0.5, 0.6) is 5.75 Å². The van der Waals surface area contributed by atoms with Gasteiger partial charge >= 0.3 is 12.1 Å². The van der Waals surface area contributed by atoms with E-state index in [0.29, 0.717) is 48.0 Å². The van der Waals surface area contributed by atoms with Crippen LogP contribution in [0.3, 0.4) is 0 Å². The summed E-state index contributed by atoms with van der Waals surface area (Å²) < 4.78 is 49.9. The molecule has 0 spiro atoms. The fourth-order valence-electron chi connectivity index (χ4n) is 6.11. The zero-order valence-electron chi connectivity index (χ0n) is 24.6. The number of nitriles is 1. The highest BCUT2D eigenvalue weighted by Gasteiger charge is 2.40. The van der Waals surface area contributed by atoms with Gasteiger partial charge in [-0.15, -0.1) is 13.2 Å². The number of alkyl halides is 3. The molecule has 1 saturated heterocycles. The average Bonchev–Trinajstić information content (AvgIpc) is 3.75. The maximum Gasteiger partial charge on any atom is 0.573 e. The van der Waals surface area contributed by atoms with Crippen LogP contribution in [-0.4, -0.2) is 56.1 Å². The van der Waals surface area contributed by atoms with Crippen LogP contribution in [0, 0.1) is 11.3 Å². The number of aromatic nitrogens is 4. The van der Waals surface area contributed by atoms with Crippen LogP contribution >= 0.6 is 0 Å². The topological polar surface area (TPSA) is 113 Å². The highest BCUT2D eigenvalue weighted by Crippen LogP contribution is 2.43. The van der Waals surface area contributed by atoms with Gasteiger partial charge in [0.25, 0.3) is 0 Å². The fourth-order valence-corrected chi connectivity index (χ4v) is 6.11. The number of pyridine rings is 1. The summed E-state index contributed by atoms with van der Waals surface area (Å²) in [4.78, 5) is 26.3. The third kappa shape index (κ3) is 5.74. The number of benzene rings is 1. The molecule has 0 N–H and O–H groups in total. The molecule has 6 rings (SSSR count). The first-order valence-electron chi connectivity index (χ1n) is 14.7. The van der Waals surface area contributed by atoms with Crippen molar-refractivity contribution in [3.05, 3.63) is 75.7 Å². The summed E-state index contributed by atoms with van der Waals surface area (Å²) in [5.74, 6) is 1.30. The van der Waals surface area contributed by atoms with Gasteiger partial charge in [0.2, 0.25) is 0 Å². The zero-order chi connectivity index (χ0) is 31.2. The highest BCUT2D eigenvalue weighted by molar-refractivity contribution is 5.86. The smallest absolute Gasteiger partial charge is 0.406 e. The van der Waals surface area contributed by atoms with Gasteiger partial charge in [-0.25, -0.2) is 9.78 Å². The Balaban J connectivity index is 1.40. The lowest BCUT2D eigenvalue weighted by Gasteiger charge is -2.49. The largest absolute Gasteiger partial charge is 0.573 e. The van der Waals surface area contributed by atoms with Crippen molar-refractivity contribution in [3.63, 3.8) is 0 Å². The molecule has 1 aliphatic heterocycles. The zero-order valence-corrected chi connectivity index (χ0v) is 24.6. The molecule has 4 heterocycles. The van der Waals surface area contributed by atoms with Crippen LogP contribution in [0.2, 0.25) is 0 Å². The van der Waals surface area contributed by atoms with Crippen LogP contribution < -0.4 is 15.3 Å². The number of aryl methyl sites for hydroxylation is 1. The Kier molecular flexibility index (Phi) is 7.79. The number of hydrogen-bond donors (Lipinski definition) is 0. The molecule has 44 heavy (non-hydrogen) atoms. The Bertz CT molecular complexity index is 1760. The van der Waals surface area contributed by atoms with Gasteiger partial charge in [-0.2, -0.15) is 10.2 Å². The van der Waals surface area contributed by atoms with E-state index in [1.54, 1.807) is 31.3 Å². The normalized spacial score (nSPS) is 20.1. The van der Waals surface area contributed by atoms with Crippen molar-refractivity contribution in [1.82, 2.24) is 24.6 Å². The summed E-state index contributed by atoms with van der Waals surface area (Å²) in [6.07, 6.45) is -1.28. The highest BCUT2D eigenvalue weighted by atomic mass is 19.4. The Hall–Kier alpha value is -4.44. The molecule has 2 aliphatic rings. The van der Waals surface area contributed by atoms with Gasteiger partial charge in [0.1, 0.15) is 34.5 Å². The first-order valence-corrected chi connectivity index (χ1v) is 14.7. The quantitative estimate of drug-likeness (QED) is 0.259. The molecule has 0 bridgehead atoms. The van der Waals surface area contributed by atoms with Gasteiger partial charge in [-0.3, -0.25) is 9.47 Å². The summed E-state index contributed by atoms with van der Waals surface area (Å²) in [7, 11) is 1.63. The predicted molar refractivity (Wildman–Crippen MR) is 155 cm³/mol. The van der Waals surface area contributed by atoms with Crippen molar-refractivity contribution >= 4 is 16.9 Å². The van der Waals surface area contributed by atoms with Crippen LogP contribution in [0.25, 0.3) is 11.0 Å². The summed E-state index contributed by atoms with van der Waals surface area (Å²) >= 11 is 0. The second-order valence-electron chi connectivity index (χ2n) is 11.4. The molecule has 2 fully saturated rings. The van der Waals surface area contributed by atoms with Crippen LogP contribution in [-0.2, 0) is 7.05 Å². The third-order valence-corrected chi connectivity index (χ3v) is 8.57. The van der Waals surface area contributed by atoms with Crippen molar-refractivity contribution in [1.29, 1.82) is 5.26 Å². The Morgan fingerprint density at radius 2 is 1.80 bits per heavy atom. The lowest BCUT2D eigenvalue weighted by molar-refractivity contribution is -0.274. The minimum atomic E-state index is -4.79. The molecule has 230 valence electrons. The van der Waals surface area contributed by atoms with Crippen molar-refractivity contribution in [2.45, 2.75) is 69.9 Å². The van der Waals surface area contributed by atoms with E-state index in [4.69, 9.17) is 4.52 Å². The lowest BCUT2D eigenvalue weighted by atomic mass is 9.94. The molecule has 3 aromatic heterocycles. The maximum absolute atomic E-state index is 12.9. The van der Waals surface area contributed by atoms with Crippen molar-refractivity contribution in [3.8, 4) is 11.8 Å². The molecule has 1 aliphatic carbocycles. The predicted octanol–water partition coefficient (Wildman–Crippen LogP) is 5.43. The van der Waals surface area contributed by atoms with E-state index in [0.717, 1.165) is 30.6 Å². The van der Waals surface area contributed by atoms with Gasteiger partial charge in [0.15, 0.2) is 5.82 Å². The van der Waals surface area contributed by atoms with Gasteiger partial charge in [0.05, 0.1) is 11.6 Å². The molecular formula is C31H32F3N7O3. The minimum Gasteiger partial charge on any atom is -0.406 e. The molecule has 0 radical (unpaired) electrons. The lowest BCUT2D eigenvalue weighted by Crippen LogP contribution is -2.59. The van der Waals surface area contributed by atoms with Crippen molar-refractivity contribution in [2.75, 3.05) is 18.0 Å². The number of fused-ring (bicyclic) bond motifs is 1. The van der Waals surface area contributed by atoms with E-state index in [9.17, 15) is 23.2 Å². The average molecular weight is 608 g/mol. The molecule has 1 aromatic carbocycles. The Labute approximate surface area is 251 Å². The second-order valence-corrected chi connectivity index (χ2v) is 11.4.